The third-order valence-electron chi connectivity index (χ3n) is 3.51. The summed E-state index contributed by atoms with van der Waals surface area (Å²) in [4.78, 5) is 17.2. The normalized spacial score (nSPS) is 12.0. The van der Waals surface area contributed by atoms with Crippen LogP contribution in [0.2, 0.25) is 0 Å². The lowest BCUT2D eigenvalue weighted by Gasteiger charge is -2.19. The van der Waals surface area contributed by atoms with Crippen LogP contribution in [-0.2, 0) is 12.0 Å². The van der Waals surface area contributed by atoms with Crippen LogP contribution in [0.15, 0.2) is 35.1 Å². The highest BCUT2D eigenvalue weighted by atomic mass is 32.1. The molecule has 0 N–H and O–H groups in total. The van der Waals surface area contributed by atoms with Gasteiger partial charge < -0.3 is 0 Å². The Bertz CT molecular complexity index is 873. The molecule has 0 atom stereocenters. The monoisotopic (exact) mass is 313 g/mol. The predicted octanol–water partition coefficient (Wildman–Crippen LogP) is 3.51. The van der Waals surface area contributed by atoms with E-state index in [9.17, 15) is 4.79 Å². The molecule has 1 aromatic carbocycles. The van der Waals surface area contributed by atoms with Gasteiger partial charge in [0.1, 0.15) is 10.4 Å². The van der Waals surface area contributed by atoms with Crippen LogP contribution in [0.5, 0.6) is 0 Å². The predicted molar refractivity (Wildman–Crippen MR) is 90.7 cm³/mol. The molecule has 0 amide bonds. The van der Waals surface area contributed by atoms with Gasteiger partial charge in [0, 0.05) is 6.42 Å². The van der Waals surface area contributed by atoms with E-state index >= 15 is 0 Å². The van der Waals surface area contributed by atoms with E-state index in [2.05, 4.69) is 38.0 Å². The lowest BCUT2D eigenvalue weighted by molar-refractivity contribution is 0.364. The third kappa shape index (κ3) is 2.68. The van der Waals surface area contributed by atoms with Crippen molar-refractivity contribution in [3.05, 3.63) is 56.1 Å². The Morgan fingerprint density at radius 2 is 1.86 bits per heavy atom. The first-order valence-electron chi connectivity index (χ1n) is 7.30. The first-order chi connectivity index (χ1) is 10.4. The highest BCUT2D eigenvalue weighted by Crippen LogP contribution is 2.23. The molecule has 4 nitrogen and oxygen atoms in total. The molecule has 2 heterocycles. The van der Waals surface area contributed by atoms with Gasteiger partial charge in [-0.05, 0) is 33.3 Å². The molecule has 0 bridgehead atoms. The van der Waals surface area contributed by atoms with Gasteiger partial charge in [-0.1, -0.05) is 41.7 Å². The Morgan fingerprint density at radius 3 is 2.50 bits per heavy atom. The van der Waals surface area contributed by atoms with Gasteiger partial charge in [-0.15, -0.1) is 0 Å². The second kappa shape index (κ2) is 5.32. The fourth-order valence-electron chi connectivity index (χ4n) is 2.47. The molecular formula is C17H19N3OS. The van der Waals surface area contributed by atoms with Crippen molar-refractivity contribution in [3.63, 3.8) is 0 Å². The number of fused-ring (bicyclic) bond motifs is 1. The number of rotatable bonds is 2. The van der Waals surface area contributed by atoms with Crippen LogP contribution in [-0.4, -0.2) is 14.8 Å². The maximum atomic E-state index is 12.5. The van der Waals surface area contributed by atoms with Crippen molar-refractivity contribution < 1.29 is 0 Å². The summed E-state index contributed by atoms with van der Waals surface area (Å²) in [5.41, 5.74) is 2.40. The average molecular weight is 313 g/mol. The molecule has 0 aliphatic rings. The second-order valence-electron chi connectivity index (χ2n) is 6.42. The molecule has 3 rings (SSSR count). The Morgan fingerprint density at radius 1 is 1.18 bits per heavy atom. The highest BCUT2D eigenvalue weighted by Gasteiger charge is 2.22. The Kier molecular flexibility index (Phi) is 3.60. The maximum Gasteiger partial charge on any atom is 0.246 e. The van der Waals surface area contributed by atoms with Gasteiger partial charge in [0.15, 0.2) is 5.65 Å². The van der Waals surface area contributed by atoms with Crippen molar-refractivity contribution in [1.82, 2.24) is 14.8 Å². The van der Waals surface area contributed by atoms with Gasteiger partial charge >= 0.3 is 0 Å². The molecule has 0 fully saturated rings. The molecule has 3 aromatic rings. The lowest BCUT2D eigenvalue weighted by atomic mass is 10.1. The summed E-state index contributed by atoms with van der Waals surface area (Å²) in [7, 11) is 0. The summed E-state index contributed by atoms with van der Waals surface area (Å²) in [5, 5.41) is 6.01. The molecule has 0 radical (unpaired) electrons. The summed E-state index contributed by atoms with van der Waals surface area (Å²) in [6, 6.07) is 10.1. The second-order valence-corrected chi connectivity index (χ2v) is 7.47. The van der Waals surface area contributed by atoms with Crippen molar-refractivity contribution in [2.24, 2.45) is 0 Å². The van der Waals surface area contributed by atoms with E-state index in [-0.39, 0.29) is 10.3 Å². The maximum absolute atomic E-state index is 12.5. The SMILES string of the molecule is Cc1nn(C(C)(C)C)c2nc(Cc3ccccc3)sc(=O)c12. The molecule has 114 valence electrons. The van der Waals surface area contributed by atoms with Crippen molar-refractivity contribution in [1.29, 1.82) is 0 Å². The molecule has 0 saturated carbocycles. The van der Waals surface area contributed by atoms with Crippen LogP contribution >= 0.6 is 11.3 Å². The number of aromatic nitrogens is 3. The minimum Gasteiger partial charge on any atom is -0.277 e. The van der Waals surface area contributed by atoms with Crippen LogP contribution in [0.3, 0.4) is 0 Å². The topological polar surface area (TPSA) is 47.8 Å². The molecule has 0 spiro atoms. The first kappa shape index (κ1) is 14.9. The van der Waals surface area contributed by atoms with Gasteiger partial charge in [-0.25, -0.2) is 9.67 Å². The third-order valence-corrected chi connectivity index (χ3v) is 4.38. The van der Waals surface area contributed by atoms with Crippen LogP contribution in [0.25, 0.3) is 11.0 Å². The molecule has 2 aromatic heterocycles. The molecule has 0 aliphatic heterocycles. The molecular weight excluding hydrogens is 294 g/mol. The molecule has 5 heteroatoms. The summed E-state index contributed by atoms with van der Waals surface area (Å²) in [6.45, 7) is 8.08. The number of nitrogens with zero attached hydrogens (tertiary/aromatic N) is 3. The van der Waals surface area contributed by atoms with Crippen molar-refractivity contribution >= 4 is 22.4 Å². The Hall–Kier alpha value is -2.01. The molecule has 22 heavy (non-hydrogen) atoms. The average Bonchev–Trinajstić information content (AvgIpc) is 2.77. The Balaban J connectivity index is 2.17. The fraction of sp³-hybridized carbons (Fsp3) is 0.353. The van der Waals surface area contributed by atoms with Crippen LogP contribution < -0.4 is 4.74 Å². The van der Waals surface area contributed by atoms with Gasteiger partial charge in [-0.3, -0.25) is 4.79 Å². The Labute approximate surface area is 133 Å². The van der Waals surface area contributed by atoms with Gasteiger partial charge in [0.2, 0.25) is 4.74 Å². The zero-order chi connectivity index (χ0) is 15.9. The van der Waals surface area contributed by atoms with Gasteiger partial charge in [0.05, 0.1) is 11.2 Å². The van der Waals surface area contributed by atoms with E-state index in [1.54, 1.807) is 0 Å². The summed E-state index contributed by atoms with van der Waals surface area (Å²) < 4.78 is 1.91. The number of hydrogen-bond acceptors (Lipinski definition) is 4. The summed E-state index contributed by atoms with van der Waals surface area (Å²) >= 11 is 1.22. The first-order valence-corrected chi connectivity index (χ1v) is 8.11. The van der Waals surface area contributed by atoms with Crippen LogP contribution in [0.4, 0.5) is 0 Å². The standard InChI is InChI=1S/C17H19N3OS/c1-11-14-15(20(19-11)17(2,3)4)18-13(22-16(14)21)10-12-8-6-5-7-9-12/h5-9H,10H2,1-4H3. The number of hydrogen-bond donors (Lipinski definition) is 0. The van der Waals surface area contributed by atoms with E-state index in [0.29, 0.717) is 17.5 Å². The molecule has 0 aliphatic carbocycles. The zero-order valence-corrected chi connectivity index (χ0v) is 14.1. The van der Waals surface area contributed by atoms with Crippen LogP contribution in [0.1, 0.15) is 37.0 Å². The van der Waals surface area contributed by atoms with Crippen molar-refractivity contribution in [3.8, 4) is 0 Å². The zero-order valence-electron chi connectivity index (χ0n) is 13.3. The minimum atomic E-state index is -0.206. The van der Waals surface area contributed by atoms with E-state index in [1.165, 1.54) is 11.3 Å². The molecule has 0 unspecified atom stereocenters. The van der Waals surface area contributed by atoms with E-state index < -0.39 is 0 Å². The largest absolute Gasteiger partial charge is 0.277 e. The van der Waals surface area contributed by atoms with Crippen molar-refractivity contribution in [2.45, 2.75) is 39.7 Å². The lowest BCUT2D eigenvalue weighted by Crippen LogP contribution is -2.23. The molecule has 0 saturated heterocycles. The smallest absolute Gasteiger partial charge is 0.246 e. The van der Waals surface area contributed by atoms with Gasteiger partial charge in [0.25, 0.3) is 0 Å². The van der Waals surface area contributed by atoms with Crippen LogP contribution in [0, 0.1) is 6.92 Å². The van der Waals surface area contributed by atoms with Gasteiger partial charge in [-0.2, -0.15) is 5.10 Å². The quantitative estimate of drug-likeness (QED) is 0.727. The van der Waals surface area contributed by atoms with E-state index in [0.717, 1.165) is 16.3 Å². The summed E-state index contributed by atoms with van der Waals surface area (Å²) in [6.07, 6.45) is 0.672. The summed E-state index contributed by atoms with van der Waals surface area (Å²) in [5.74, 6) is 0. The highest BCUT2D eigenvalue weighted by molar-refractivity contribution is 7.09. The van der Waals surface area contributed by atoms with E-state index in [1.807, 2.05) is 29.8 Å². The number of aryl methyl sites for hydroxylation is 1. The fourth-order valence-corrected chi connectivity index (χ4v) is 3.40. The minimum absolute atomic E-state index is 0.0453. The van der Waals surface area contributed by atoms with E-state index in [4.69, 9.17) is 4.98 Å². The van der Waals surface area contributed by atoms with Crippen molar-refractivity contribution in [2.75, 3.05) is 0 Å². The number of benzene rings is 1.